The maximum absolute atomic E-state index is 14.0. The molecule has 0 atom stereocenters. The van der Waals surface area contributed by atoms with E-state index >= 15 is 0 Å². The van der Waals surface area contributed by atoms with E-state index in [2.05, 4.69) is 35.1 Å². The Labute approximate surface area is 232 Å². The van der Waals surface area contributed by atoms with Gasteiger partial charge in [-0.1, -0.05) is 44.2 Å². The quantitative estimate of drug-likeness (QED) is 0.140. The molecule has 0 amide bonds. The van der Waals surface area contributed by atoms with Gasteiger partial charge in [-0.05, 0) is 58.3 Å². The van der Waals surface area contributed by atoms with Crippen LogP contribution in [0.15, 0.2) is 95.7 Å². The fourth-order valence-corrected chi connectivity index (χ4v) is 4.84. The average Bonchev–Trinajstić information content (AvgIpc) is 3.28. The number of aryl methyl sites for hydroxylation is 2. The number of hydrogen-bond acceptors (Lipinski definition) is 4. The number of benzene rings is 4. The predicted octanol–water partition coefficient (Wildman–Crippen LogP) is 8.30. The molecule has 38 heavy (non-hydrogen) atoms. The molecule has 0 unspecified atom stereocenters. The fourth-order valence-electron chi connectivity index (χ4n) is 4.84. The van der Waals surface area contributed by atoms with Crippen molar-refractivity contribution in [1.29, 1.82) is 0 Å². The summed E-state index contributed by atoms with van der Waals surface area (Å²) >= 11 is 0. The van der Waals surface area contributed by atoms with Gasteiger partial charge in [0.2, 0.25) is 0 Å². The van der Waals surface area contributed by atoms with Crippen LogP contribution in [0.2, 0.25) is 0 Å². The predicted molar refractivity (Wildman–Crippen MR) is 146 cm³/mol. The number of pyridine rings is 2. The number of phenols is 1. The van der Waals surface area contributed by atoms with Crippen LogP contribution in [0.4, 0.5) is 4.39 Å². The number of rotatable bonds is 1. The van der Waals surface area contributed by atoms with E-state index in [1.165, 1.54) is 11.6 Å². The summed E-state index contributed by atoms with van der Waals surface area (Å²) < 4.78 is 19.5. The van der Waals surface area contributed by atoms with Gasteiger partial charge in [0.15, 0.2) is 5.58 Å². The van der Waals surface area contributed by atoms with Crippen molar-refractivity contribution >= 4 is 43.6 Å². The minimum absolute atomic E-state index is 0. The average molecular weight is 678 g/mol. The third kappa shape index (κ3) is 4.53. The minimum Gasteiger partial charge on any atom is -0.507 e. The van der Waals surface area contributed by atoms with Gasteiger partial charge in [0.1, 0.15) is 22.7 Å². The molecule has 0 aliphatic carbocycles. The monoisotopic (exact) mass is 678 g/mol. The Morgan fingerprint density at radius 3 is 2.37 bits per heavy atom. The molecule has 0 saturated heterocycles. The first kappa shape index (κ1) is 25.5. The number of aromatic nitrogens is 2. The molecule has 4 aromatic carbocycles. The van der Waals surface area contributed by atoms with Gasteiger partial charge >= 0.3 is 0 Å². The summed E-state index contributed by atoms with van der Waals surface area (Å²) in [6, 6.07) is 27.3. The second-order valence-electron chi connectivity index (χ2n) is 9.01. The molecule has 0 fully saturated rings. The van der Waals surface area contributed by atoms with E-state index in [-0.39, 0.29) is 31.7 Å². The van der Waals surface area contributed by atoms with Crippen molar-refractivity contribution in [2.75, 3.05) is 0 Å². The van der Waals surface area contributed by atoms with Gasteiger partial charge in [-0.15, -0.1) is 34.9 Å². The molecule has 0 saturated carbocycles. The summed E-state index contributed by atoms with van der Waals surface area (Å²) in [5.41, 5.74) is 6.21. The number of hydrogen-bond donors (Lipinski definition) is 1. The number of nitrogens with zero attached hydrogens (tertiary/aromatic N) is 2. The third-order valence-corrected chi connectivity index (χ3v) is 6.38. The Balaban J connectivity index is 0.000000168. The SMILES string of the molecule is Cc1[c-]c(-c2nccc3c2ccc2c(F)cccc23)cc(C)c1.Oc1cccc2oc3cccnc3c12.[Ir]. The summed E-state index contributed by atoms with van der Waals surface area (Å²) in [4.78, 5) is 8.74. The topological polar surface area (TPSA) is 59.2 Å². The standard InChI is InChI=1S/C21H15FN.C11H7NO2.Ir/c1-13-10-14(2)12-15(11-13)21-19-7-6-18-16(4-3-5-20(18)22)17(19)8-9-23-21;13-7-3-1-4-8-10(7)11-9(14-8)5-2-6-12-11;/h3-11H,1-2H3;1-6,13H;/q-1;;. The molecular formula is C32H22FIrN2O2-. The van der Waals surface area contributed by atoms with Crippen LogP contribution in [0, 0.1) is 25.7 Å². The Morgan fingerprint density at radius 1 is 0.763 bits per heavy atom. The summed E-state index contributed by atoms with van der Waals surface area (Å²) in [6.07, 6.45) is 3.47. The summed E-state index contributed by atoms with van der Waals surface area (Å²) in [7, 11) is 0. The van der Waals surface area contributed by atoms with E-state index in [4.69, 9.17) is 4.42 Å². The molecule has 4 nitrogen and oxygen atoms in total. The number of fused-ring (bicyclic) bond motifs is 6. The van der Waals surface area contributed by atoms with E-state index < -0.39 is 0 Å². The maximum Gasteiger partial charge on any atom is 0.154 e. The number of phenolic OH excluding ortho intramolecular Hbond substituents is 1. The smallest absolute Gasteiger partial charge is 0.154 e. The van der Waals surface area contributed by atoms with Crippen LogP contribution in [0.3, 0.4) is 0 Å². The van der Waals surface area contributed by atoms with Crippen LogP contribution in [-0.2, 0) is 20.1 Å². The van der Waals surface area contributed by atoms with Gasteiger partial charge in [-0.2, -0.15) is 0 Å². The zero-order valence-electron chi connectivity index (χ0n) is 20.6. The maximum atomic E-state index is 14.0. The first-order chi connectivity index (χ1) is 18.0. The summed E-state index contributed by atoms with van der Waals surface area (Å²) in [6.45, 7) is 4.10. The molecule has 1 radical (unpaired) electrons. The largest absolute Gasteiger partial charge is 0.507 e. The zero-order valence-corrected chi connectivity index (χ0v) is 23.0. The minimum atomic E-state index is -0.194. The van der Waals surface area contributed by atoms with Crippen molar-refractivity contribution in [3.8, 4) is 17.0 Å². The normalized spacial score (nSPS) is 10.9. The summed E-state index contributed by atoms with van der Waals surface area (Å²) in [5.74, 6) is 0.0145. The van der Waals surface area contributed by atoms with Crippen molar-refractivity contribution in [3.05, 3.63) is 114 Å². The van der Waals surface area contributed by atoms with Crippen molar-refractivity contribution < 1.29 is 34.0 Å². The second-order valence-corrected chi connectivity index (χ2v) is 9.01. The van der Waals surface area contributed by atoms with Crippen molar-refractivity contribution in [1.82, 2.24) is 9.97 Å². The van der Waals surface area contributed by atoms with Crippen LogP contribution in [0.5, 0.6) is 5.75 Å². The molecule has 3 aromatic heterocycles. The molecule has 0 spiro atoms. The second kappa shape index (κ2) is 10.3. The molecule has 3 heterocycles. The van der Waals surface area contributed by atoms with E-state index in [0.717, 1.165) is 33.0 Å². The van der Waals surface area contributed by atoms with Crippen LogP contribution in [0.25, 0.3) is 54.9 Å². The van der Waals surface area contributed by atoms with Crippen LogP contribution in [-0.4, -0.2) is 15.1 Å². The van der Waals surface area contributed by atoms with Crippen molar-refractivity contribution in [2.24, 2.45) is 0 Å². The Bertz CT molecular complexity index is 1930. The number of aromatic hydroxyl groups is 1. The molecule has 7 aromatic rings. The Hall–Kier alpha value is -4.12. The molecule has 0 aliphatic rings. The Morgan fingerprint density at radius 2 is 1.53 bits per heavy atom. The molecule has 1 N–H and O–H groups in total. The van der Waals surface area contributed by atoms with Gasteiger partial charge in [0.05, 0.1) is 5.39 Å². The number of halogens is 1. The van der Waals surface area contributed by atoms with E-state index in [1.54, 1.807) is 30.6 Å². The van der Waals surface area contributed by atoms with Crippen molar-refractivity contribution in [3.63, 3.8) is 0 Å². The van der Waals surface area contributed by atoms with Gasteiger partial charge in [-0.3, -0.25) is 4.98 Å². The van der Waals surface area contributed by atoms with Crippen LogP contribution < -0.4 is 0 Å². The molecular weight excluding hydrogens is 656 g/mol. The first-order valence-electron chi connectivity index (χ1n) is 11.9. The van der Waals surface area contributed by atoms with Gasteiger partial charge in [0, 0.05) is 37.9 Å². The molecule has 0 bridgehead atoms. The zero-order chi connectivity index (χ0) is 25.5. The molecule has 6 heteroatoms. The van der Waals surface area contributed by atoms with E-state index in [0.29, 0.717) is 27.5 Å². The van der Waals surface area contributed by atoms with Crippen molar-refractivity contribution in [2.45, 2.75) is 13.8 Å². The number of furan rings is 1. The van der Waals surface area contributed by atoms with E-state index in [9.17, 15) is 9.50 Å². The summed E-state index contributed by atoms with van der Waals surface area (Å²) in [5, 5.41) is 13.9. The molecule has 0 aliphatic heterocycles. The molecule has 7 rings (SSSR count). The van der Waals surface area contributed by atoms with Gasteiger partial charge in [-0.25, -0.2) is 4.39 Å². The first-order valence-corrected chi connectivity index (χ1v) is 11.9. The molecule has 189 valence electrons. The van der Waals surface area contributed by atoms with Crippen LogP contribution in [0.1, 0.15) is 11.1 Å². The van der Waals surface area contributed by atoms with Crippen LogP contribution >= 0.6 is 0 Å². The Kier molecular flexibility index (Phi) is 6.94. The van der Waals surface area contributed by atoms with Gasteiger partial charge < -0.3 is 14.5 Å². The van der Waals surface area contributed by atoms with E-state index in [1.807, 2.05) is 49.4 Å². The third-order valence-electron chi connectivity index (χ3n) is 6.38. The van der Waals surface area contributed by atoms with Gasteiger partial charge in [0.25, 0.3) is 0 Å². The fraction of sp³-hybridized carbons (Fsp3) is 0.0625.